The highest BCUT2D eigenvalue weighted by molar-refractivity contribution is 6.07. The van der Waals surface area contributed by atoms with E-state index in [2.05, 4.69) is 34.9 Å². The zero-order valence-corrected chi connectivity index (χ0v) is 12.7. The highest BCUT2D eigenvalue weighted by Crippen LogP contribution is 2.36. The van der Waals surface area contributed by atoms with Crippen molar-refractivity contribution in [2.45, 2.75) is 32.7 Å². The van der Waals surface area contributed by atoms with Crippen LogP contribution in [0.3, 0.4) is 0 Å². The molecule has 0 saturated carbocycles. The molecule has 2 aromatic carbocycles. The second-order valence-corrected chi connectivity index (χ2v) is 6.50. The van der Waals surface area contributed by atoms with E-state index in [1.165, 1.54) is 10.8 Å². The predicted octanol–water partition coefficient (Wildman–Crippen LogP) is 3.91. The number of hydrogen-bond acceptors (Lipinski definition) is 2. The topological polar surface area (TPSA) is 41.1 Å². The van der Waals surface area contributed by atoms with Gasteiger partial charge >= 0.3 is 0 Å². The molecule has 3 nitrogen and oxygen atoms in total. The first kappa shape index (κ1) is 13.7. The monoisotopic (exact) mass is 280 g/mol. The Bertz CT molecular complexity index is 733. The van der Waals surface area contributed by atoms with E-state index in [9.17, 15) is 4.79 Å². The van der Waals surface area contributed by atoms with Crippen molar-refractivity contribution in [1.82, 2.24) is 5.32 Å². The van der Waals surface area contributed by atoms with Crippen LogP contribution in [0.5, 0.6) is 0 Å². The number of nitrogens with one attached hydrogen (secondary N) is 2. The van der Waals surface area contributed by atoms with Gasteiger partial charge < -0.3 is 10.6 Å². The Kier molecular flexibility index (Phi) is 3.20. The van der Waals surface area contributed by atoms with Gasteiger partial charge in [-0.15, -0.1) is 0 Å². The molecule has 21 heavy (non-hydrogen) atoms. The number of anilines is 1. The van der Waals surface area contributed by atoms with Crippen LogP contribution in [0.15, 0.2) is 42.6 Å². The maximum atomic E-state index is 12.2. The van der Waals surface area contributed by atoms with Crippen molar-refractivity contribution in [2.24, 2.45) is 0 Å². The standard InChI is InChI=1S/C18H20N2O/c1-18(2,3)20-16(21)10-13-11-19-15-9-5-7-12-6-4-8-14(13)17(12)15/h4-9,11,19H,10H2,1-3H3,(H,20,21). The molecule has 0 bridgehead atoms. The molecule has 0 radical (unpaired) electrons. The second-order valence-electron chi connectivity index (χ2n) is 6.50. The fourth-order valence-corrected chi connectivity index (χ4v) is 2.75. The van der Waals surface area contributed by atoms with E-state index in [1.807, 2.05) is 39.1 Å². The van der Waals surface area contributed by atoms with Crippen LogP contribution in [-0.2, 0) is 4.79 Å². The number of benzene rings is 2. The van der Waals surface area contributed by atoms with Gasteiger partial charge in [0.2, 0.25) is 5.91 Å². The van der Waals surface area contributed by atoms with Crippen molar-refractivity contribution < 1.29 is 4.79 Å². The first-order valence-corrected chi connectivity index (χ1v) is 7.23. The van der Waals surface area contributed by atoms with Gasteiger partial charge in [0.1, 0.15) is 0 Å². The molecule has 3 heteroatoms. The molecule has 1 aliphatic heterocycles. The quantitative estimate of drug-likeness (QED) is 0.875. The van der Waals surface area contributed by atoms with Gasteiger partial charge in [-0.1, -0.05) is 30.3 Å². The lowest BCUT2D eigenvalue weighted by Gasteiger charge is -2.23. The molecular formula is C18H20N2O. The third-order valence-electron chi connectivity index (χ3n) is 3.52. The normalized spacial score (nSPS) is 13.6. The minimum Gasteiger partial charge on any atom is -0.361 e. The minimum absolute atomic E-state index is 0.0481. The molecular weight excluding hydrogens is 260 g/mol. The molecule has 1 heterocycles. The summed E-state index contributed by atoms with van der Waals surface area (Å²) < 4.78 is 0. The molecule has 0 atom stereocenters. The van der Waals surface area contributed by atoms with E-state index in [4.69, 9.17) is 0 Å². The summed E-state index contributed by atoms with van der Waals surface area (Å²) in [5, 5.41) is 8.71. The van der Waals surface area contributed by atoms with Gasteiger partial charge in [-0.2, -0.15) is 0 Å². The summed E-state index contributed by atoms with van der Waals surface area (Å²) in [6, 6.07) is 12.4. The maximum absolute atomic E-state index is 12.2. The molecule has 0 aliphatic carbocycles. The SMILES string of the molecule is CC(C)(C)NC(=O)CC1=CNc2cccc3cccc1c23. The van der Waals surface area contributed by atoms with Gasteiger partial charge in [-0.25, -0.2) is 0 Å². The first-order chi connectivity index (χ1) is 9.94. The van der Waals surface area contributed by atoms with Crippen LogP contribution >= 0.6 is 0 Å². The highest BCUT2D eigenvalue weighted by Gasteiger charge is 2.19. The lowest BCUT2D eigenvalue weighted by atomic mass is 9.93. The predicted molar refractivity (Wildman–Crippen MR) is 88.1 cm³/mol. The lowest BCUT2D eigenvalue weighted by molar-refractivity contribution is -0.121. The van der Waals surface area contributed by atoms with E-state index >= 15 is 0 Å². The van der Waals surface area contributed by atoms with Crippen molar-refractivity contribution in [2.75, 3.05) is 5.32 Å². The number of carbonyl (C=O) groups is 1. The fraction of sp³-hybridized carbons (Fsp3) is 0.278. The number of hydrogen-bond donors (Lipinski definition) is 2. The second kappa shape index (κ2) is 4.92. The molecule has 0 unspecified atom stereocenters. The molecule has 2 N–H and O–H groups in total. The number of amides is 1. The Morgan fingerprint density at radius 2 is 1.86 bits per heavy atom. The van der Waals surface area contributed by atoms with Gasteiger partial charge in [0.05, 0.1) is 6.42 Å². The van der Waals surface area contributed by atoms with Crippen LogP contribution < -0.4 is 10.6 Å². The highest BCUT2D eigenvalue weighted by atomic mass is 16.1. The van der Waals surface area contributed by atoms with Crippen LogP contribution in [0.25, 0.3) is 16.3 Å². The van der Waals surface area contributed by atoms with Gasteiger partial charge in [-0.3, -0.25) is 4.79 Å². The summed E-state index contributed by atoms with van der Waals surface area (Å²) >= 11 is 0. The van der Waals surface area contributed by atoms with Crippen molar-refractivity contribution in [3.63, 3.8) is 0 Å². The minimum atomic E-state index is -0.205. The molecule has 1 aliphatic rings. The van der Waals surface area contributed by atoms with Gasteiger partial charge in [0, 0.05) is 22.8 Å². The third-order valence-corrected chi connectivity index (χ3v) is 3.52. The molecule has 0 fully saturated rings. The fourth-order valence-electron chi connectivity index (χ4n) is 2.75. The van der Waals surface area contributed by atoms with E-state index < -0.39 is 0 Å². The maximum Gasteiger partial charge on any atom is 0.224 e. The Hall–Kier alpha value is -2.29. The Morgan fingerprint density at radius 1 is 1.14 bits per heavy atom. The summed E-state index contributed by atoms with van der Waals surface area (Å²) in [5.74, 6) is 0.0481. The summed E-state index contributed by atoms with van der Waals surface area (Å²) in [5.41, 5.74) is 3.07. The average Bonchev–Trinajstić information content (AvgIpc) is 2.40. The van der Waals surface area contributed by atoms with Gasteiger partial charge in [0.25, 0.3) is 0 Å². The summed E-state index contributed by atoms with van der Waals surface area (Å²) in [6.07, 6.45) is 2.33. The van der Waals surface area contributed by atoms with Crippen molar-refractivity contribution >= 4 is 27.9 Å². The molecule has 3 rings (SSSR count). The average molecular weight is 280 g/mol. The van der Waals surface area contributed by atoms with E-state index in [1.54, 1.807) is 0 Å². The smallest absolute Gasteiger partial charge is 0.224 e. The molecule has 0 aromatic heterocycles. The largest absolute Gasteiger partial charge is 0.361 e. The van der Waals surface area contributed by atoms with Crippen LogP contribution in [0.2, 0.25) is 0 Å². The first-order valence-electron chi connectivity index (χ1n) is 7.23. The number of carbonyl (C=O) groups excluding carboxylic acids is 1. The molecule has 0 spiro atoms. The van der Waals surface area contributed by atoms with Crippen LogP contribution in [-0.4, -0.2) is 11.4 Å². The number of rotatable bonds is 2. The van der Waals surface area contributed by atoms with Crippen molar-refractivity contribution in [1.29, 1.82) is 0 Å². The van der Waals surface area contributed by atoms with Gasteiger partial charge in [0.15, 0.2) is 0 Å². The summed E-state index contributed by atoms with van der Waals surface area (Å²) in [7, 11) is 0. The summed E-state index contributed by atoms with van der Waals surface area (Å²) in [6.45, 7) is 5.98. The van der Waals surface area contributed by atoms with Gasteiger partial charge in [-0.05, 0) is 43.4 Å². The lowest BCUT2D eigenvalue weighted by Crippen LogP contribution is -2.40. The Morgan fingerprint density at radius 3 is 2.57 bits per heavy atom. The Labute approximate surface area is 125 Å². The van der Waals surface area contributed by atoms with Crippen molar-refractivity contribution in [3.8, 4) is 0 Å². The Balaban J connectivity index is 1.93. The van der Waals surface area contributed by atoms with Crippen LogP contribution in [0.4, 0.5) is 5.69 Å². The molecule has 2 aromatic rings. The van der Waals surface area contributed by atoms with Crippen molar-refractivity contribution in [3.05, 3.63) is 48.2 Å². The zero-order chi connectivity index (χ0) is 15.0. The molecule has 1 amide bonds. The van der Waals surface area contributed by atoms with E-state index in [0.29, 0.717) is 6.42 Å². The molecule has 108 valence electrons. The summed E-state index contributed by atoms with van der Waals surface area (Å²) in [4.78, 5) is 12.2. The zero-order valence-electron chi connectivity index (χ0n) is 12.7. The van der Waals surface area contributed by atoms with E-state index in [0.717, 1.165) is 16.8 Å². The molecule has 0 saturated heterocycles. The van der Waals surface area contributed by atoms with E-state index in [-0.39, 0.29) is 11.4 Å². The van der Waals surface area contributed by atoms with Crippen LogP contribution in [0.1, 0.15) is 32.8 Å². The van der Waals surface area contributed by atoms with Crippen LogP contribution in [0, 0.1) is 0 Å². The third kappa shape index (κ3) is 2.77.